The molecule has 2 rings (SSSR count). The topological polar surface area (TPSA) is 111 Å². The number of rotatable bonds is 3. The van der Waals surface area contributed by atoms with Gasteiger partial charge >= 0.3 is 5.97 Å². The lowest BCUT2D eigenvalue weighted by Crippen LogP contribution is -2.05. The van der Waals surface area contributed by atoms with Crippen molar-refractivity contribution in [3.63, 3.8) is 0 Å². The van der Waals surface area contributed by atoms with Crippen molar-refractivity contribution in [2.75, 3.05) is 5.32 Å². The third-order valence-electron chi connectivity index (χ3n) is 2.19. The number of ether oxygens (including phenoxy) is 1. The molecular weight excluding hydrogens is 286 g/mol. The highest BCUT2D eigenvalue weighted by molar-refractivity contribution is 7.22. The van der Waals surface area contributed by atoms with Crippen molar-refractivity contribution in [2.24, 2.45) is 0 Å². The van der Waals surface area contributed by atoms with Crippen LogP contribution in [0.1, 0.15) is 13.8 Å². The predicted octanol–water partition coefficient (Wildman–Crippen LogP) is 2.09. The highest BCUT2D eigenvalue weighted by atomic mass is 32.1. The Morgan fingerprint density at radius 3 is 2.65 bits per heavy atom. The second-order valence-corrected chi connectivity index (χ2v) is 4.87. The molecule has 20 heavy (non-hydrogen) atoms. The number of amides is 1. The van der Waals surface area contributed by atoms with E-state index in [-0.39, 0.29) is 22.5 Å². The maximum Gasteiger partial charge on any atom is 0.308 e. The van der Waals surface area contributed by atoms with E-state index in [1.807, 2.05) is 0 Å². The SMILES string of the molecule is CC(=O)Nc1nc2c(OC(C)=O)cc([N+](=O)[O-])cc2s1. The first-order chi connectivity index (χ1) is 9.36. The van der Waals surface area contributed by atoms with Gasteiger partial charge in [0.05, 0.1) is 15.7 Å². The van der Waals surface area contributed by atoms with E-state index in [9.17, 15) is 19.7 Å². The molecule has 0 fully saturated rings. The number of benzene rings is 1. The maximum absolute atomic E-state index is 11.0. The van der Waals surface area contributed by atoms with E-state index >= 15 is 0 Å². The Bertz CT molecular complexity index is 724. The van der Waals surface area contributed by atoms with Crippen molar-refractivity contribution >= 4 is 44.2 Å². The minimum atomic E-state index is -0.610. The molecule has 8 nitrogen and oxygen atoms in total. The van der Waals surface area contributed by atoms with E-state index in [4.69, 9.17) is 4.74 Å². The van der Waals surface area contributed by atoms with Crippen molar-refractivity contribution in [1.82, 2.24) is 4.98 Å². The van der Waals surface area contributed by atoms with Crippen LogP contribution in [-0.2, 0) is 9.59 Å². The summed E-state index contributed by atoms with van der Waals surface area (Å²) in [6.07, 6.45) is 0. The number of thiazole rings is 1. The molecule has 104 valence electrons. The van der Waals surface area contributed by atoms with Gasteiger partial charge in [-0.1, -0.05) is 11.3 Å². The normalized spacial score (nSPS) is 10.3. The summed E-state index contributed by atoms with van der Waals surface area (Å²) in [5.74, 6) is -0.928. The number of esters is 1. The van der Waals surface area contributed by atoms with Crippen LogP contribution in [-0.4, -0.2) is 21.8 Å². The third kappa shape index (κ3) is 2.88. The molecule has 1 aromatic heterocycles. The van der Waals surface area contributed by atoms with E-state index in [1.54, 1.807) is 0 Å². The van der Waals surface area contributed by atoms with Crippen LogP contribution in [0.2, 0.25) is 0 Å². The Morgan fingerprint density at radius 2 is 2.10 bits per heavy atom. The molecule has 0 aliphatic heterocycles. The van der Waals surface area contributed by atoms with Gasteiger partial charge in [-0.25, -0.2) is 4.98 Å². The zero-order valence-corrected chi connectivity index (χ0v) is 11.3. The fourth-order valence-corrected chi connectivity index (χ4v) is 2.49. The molecule has 0 unspecified atom stereocenters. The number of anilines is 1. The number of carbonyl (C=O) groups is 2. The first kappa shape index (κ1) is 13.9. The number of nitro benzene ring substituents is 1. The smallest absolute Gasteiger partial charge is 0.308 e. The lowest BCUT2D eigenvalue weighted by molar-refractivity contribution is -0.384. The fourth-order valence-electron chi connectivity index (χ4n) is 1.53. The lowest BCUT2D eigenvalue weighted by atomic mass is 10.3. The minimum absolute atomic E-state index is 0.00504. The molecule has 0 saturated heterocycles. The van der Waals surface area contributed by atoms with Crippen molar-refractivity contribution in [3.05, 3.63) is 22.2 Å². The monoisotopic (exact) mass is 295 g/mol. The van der Waals surface area contributed by atoms with Crippen LogP contribution in [0.3, 0.4) is 0 Å². The van der Waals surface area contributed by atoms with Gasteiger partial charge in [-0.2, -0.15) is 0 Å². The number of non-ortho nitro benzene ring substituents is 1. The summed E-state index contributed by atoms with van der Waals surface area (Å²) in [4.78, 5) is 36.4. The van der Waals surface area contributed by atoms with Crippen molar-refractivity contribution in [3.8, 4) is 5.75 Å². The number of carbonyl (C=O) groups excluding carboxylic acids is 2. The van der Waals surface area contributed by atoms with Gasteiger partial charge in [0.2, 0.25) is 5.91 Å². The second-order valence-electron chi connectivity index (χ2n) is 3.84. The number of hydrogen-bond acceptors (Lipinski definition) is 7. The largest absolute Gasteiger partial charge is 0.424 e. The Labute approximate surface area is 116 Å². The zero-order chi connectivity index (χ0) is 14.9. The van der Waals surface area contributed by atoms with Crippen molar-refractivity contribution in [1.29, 1.82) is 0 Å². The van der Waals surface area contributed by atoms with Crippen LogP contribution in [0.5, 0.6) is 5.75 Å². The average molecular weight is 295 g/mol. The van der Waals surface area contributed by atoms with Gasteiger partial charge in [0.15, 0.2) is 10.9 Å². The molecule has 0 atom stereocenters. The molecular formula is C11H9N3O5S. The lowest BCUT2D eigenvalue weighted by Gasteiger charge is -2.01. The molecule has 1 amide bonds. The van der Waals surface area contributed by atoms with E-state index < -0.39 is 10.9 Å². The van der Waals surface area contributed by atoms with Gasteiger partial charge < -0.3 is 10.1 Å². The van der Waals surface area contributed by atoms with Crippen LogP contribution in [0.4, 0.5) is 10.8 Å². The van der Waals surface area contributed by atoms with Crippen LogP contribution < -0.4 is 10.1 Å². The first-order valence-electron chi connectivity index (χ1n) is 5.42. The summed E-state index contributed by atoms with van der Waals surface area (Å²) in [6, 6.07) is 2.44. The zero-order valence-electron chi connectivity index (χ0n) is 10.5. The number of aromatic nitrogens is 1. The molecule has 1 heterocycles. The summed E-state index contributed by atoms with van der Waals surface area (Å²) >= 11 is 1.06. The number of hydrogen-bond donors (Lipinski definition) is 1. The van der Waals surface area contributed by atoms with Crippen LogP contribution in [0.25, 0.3) is 10.2 Å². The molecule has 0 spiro atoms. The Balaban J connectivity index is 2.60. The standard InChI is InChI=1S/C11H9N3O5S/c1-5(15)12-11-13-10-8(19-6(2)16)3-7(14(17)18)4-9(10)20-11/h3-4H,1-2H3,(H,12,13,15). The highest BCUT2D eigenvalue weighted by Gasteiger charge is 2.18. The van der Waals surface area contributed by atoms with Crippen LogP contribution >= 0.6 is 11.3 Å². The highest BCUT2D eigenvalue weighted by Crippen LogP contribution is 2.36. The van der Waals surface area contributed by atoms with E-state index in [1.165, 1.54) is 19.9 Å². The molecule has 0 aliphatic rings. The predicted molar refractivity (Wildman–Crippen MR) is 71.9 cm³/mol. The van der Waals surface area contributed by atoms with Gasteiger partial charge in [-0.3, -0.25) is 19.7 Å². The second kappa shape index (κ2) is 5.21. The fraction of sp³-hybridized carbons (Fsp3) is 0.182. The number of nitro groups is 1. The van der Waals surface area contributed by atoms with Gasteiger partial charge in [-0.15, -0.1) is 0 Å². The third-order valence-corrected chi connectivity index (χ3v) is 3.11. The molecule has 1 N–H and O–H groups in total. The summed E-state index contributed by atoms with van der Waals surface area (Å²) < 4.78 is 5.37. The molecule has 9 heteroatoms. The Hall–Kier alpha value is -2.55. The number of nitrogens with one attached hydrogen (secondary N) is 1. The quantitative estimate of drug-likeness (QED) is 0.401. The first-order valence-corrected chi connectivity index (χ1v) is 6.23. The van der Waals surface area contributed by atoms with Gasteiger partial charge in [-0.05, 0) is 0 Å². The van der Waals surface area contributed by atoms with Gasteiger partial charge in [0.25, 0.3) is 5.69 Å². The minimum Gasteiger partial charge on any atom is -0.424 e. The number of fused-ring (bicyclic) bond motifs is 1. The molecule has 2 aromatic rings. The van der Waals surface area contributed by atoms with Crippen LogP contribution in [0, 0.1) is 10.1 Å². The van der Waals surface area contributed by atoms with Gasteiger partial charge in [0, 0.05) is 19.9 Å². The Kier molecular flexibility index (Phi) is 3.61. The van der Waals surface area contributed by atoms with Gasteiger partial charge in [0.1, 0.15) is 5.52 Å². The molecule has 0 saturated carbocycles. The maximum atomic E-state index is 11.0. The molecule has 0 radical (unpaired) electrons. The summed E-state index contributed by atoms with van der Waals surface area (Å²) in [5, 5.41) is 13.6. The van der Waals surface area contributed by atoms with E-state index in [0.29, 0.717) is 10.2 Å². The van der Waals surface area contributed by atoms with Crippen LogP contribution in [0.15, 0.2) is 12.1 Å². The summed E-state index contributed by atoms with van der Waals surface area (Å²) in [6.45, 7) is 2.51. The summed E-state index contributed by atoms with van der Waals surface area (Å²) in [5.41, 5.74) is 0.0753. The molecule has 1 aromatic carbocycles. The van der Waals surface area contributed by atoms with Crippen molar-refractivity contribution in [2.45, 2.75) is 13.8 Å². The molecule has 0 bridgehead atoms. The van der Waals surface area contributed by atoms with E-state index in [0.717, 1.165) is 17.4 Å². The van der Waals surface area contributed by atoms with E-state index in [2.05, 4.69) is 10.3 Å². The van der Waals surface area contributed by atoms with Crippen molar-refractivity contribution < 1.29 is 19.2 Å². The summed E-state index contributed by atoms with van der Waals surface area (Å²) in [7, 11) is 0. The number of nitrogens with zero attached hydrogens (tertiary/aromatic N) is 2. The average Bonchev–Trinajstić information content (AvgIpc) is 2.69. The Morgan fingerprint density at radius 1 is 1.40 bits per heavy atom. The molecule has 0 aliphatic carbocycles.